The van der Waals surface area contributed by atoms with Crippen molar-refractivity contribution in [1.29, 1.82) is 0 Å². The molecule has 1 aliphatic heterocycles. The van der Waals surface area contributed by atoms with Gasteiger partial charge in [-0.3, -0.25) is 0 Å². The van der Waals surface area contributed by atoms with Gasteiger partial charge in [0.15, 0.2) is 0 Å². The number of alkyl halides is 3. The number of anilines is 2. The van der Waals surface area contributed by atoms with Crippen LogP contribution in [0.4, 0.5) is 29.3 Å². The molecule has 1 saturated heterocycles. The molecule has 172 valence electrons. The molecule has 6 nitrogen and oxygen atoms in total. The van der Waals surface area contributed by atoms with E-state index in [1.54, 1.807) is 7.11 Å². The number of rotatable bonds is 6. The van der Waals surface area contributed by atoms with E-state index < -0.39 is 17.8 Å². The average Bonchev–Trinajstić information content (AvgIpc) is 3.63. The van der Waals surface area contributed by atoms with Crippen LogP contribution in [0.1, 0.15) is 30.0 Å². The maximum atomic E-state index is 13.3. The number of morpholine rings is 1. The van der Waals surface area contributed by atoms with Gasteiger partial charge in [-0.05, 0) is 54.7 Å². The molecular formula is C23H26F3N3O3. The van der Waals surface area contributed by atoms with Crippen LogP contribution in [-0.4, -0.2) is 39.4 Å². The molecular weight excluding hydrogens is 423 g/mol. The number of amides is 2. The molecule has 2 aromatic rings. The molecule has 0 unspecified atom stereocenters. The summed E-state index contributed by atoms with van der Waals surface area (Å²) in [6.07, 6.45) is -2.53. The minimum absolute atomic E-state index is 0.128. The normalized spacial score (nSPS) is 17.6. The van der Waals surface area contributed by atoms with Gasteiger partial charge in [-0.2, -0.15) is 13.2 Å². The SMILES string of the molecule is COc1ccc([C@H](NC(=O)Nc2cc(C(F)(F)F)ccc2N2CCOCC2)C2CC2)cc1. The molecule has 32 heavy (non-hydrogen) atoms. The lowest BCUT2D eigenvalue weighted by Gasteiger charge is -2.31. The first-order chi connectivity index (χ1) is 15.3. The van der Waals surface area contributed by atoms with Gasteiger partial charge < -0.3 is 25.0 Å². The fourth-order valence-electron chi connectivity index (χ4n) is 3.91. The van der Waals surface area contributed by atoms with Crippen molar-refractivity contribution in [3.05, 3.63) is 53.6 Å². The van der Waals surface area contributed by atoms with Crippen LogP contribution in [0, 0.1) is 5.92 Å². The highest BCUT2D eigenvalue weighted by Crippen LogP contribution is 2.41. The molecule has 2 amide bonds. The summed E-state index contributed by atoms with van der Waals surface area (Å²) in [5.74, 6) is 1.02. The van der Waals surface area contributed by atoms with Crippen LogP contribution >= 0.6 is 0 Å². The highest BCUT2D eigenvalue weighted by Gasteiger charge is 2.34. The Morgan fingerprint density at radius 3 is 2.41 bits per heavy atom. The van der Waals surface area contributed by atoms with Gasteiger partial charge in [0.05, 0.1) is 43.3 Å². The Bertz CT molecular complexity index is 940. The molecule has 0 spiro atoms. The highest BCUT2D eigenvalue weighted by molar-refractivity contribution is 5.93. The van der Waals surface area contributed by atoms with Crippen molar-refractivity contribution in [1.82, 2.24) is 5.32 Å². The Morgan fingerprint density at radius 2 is 1.81 bits per heavy atom. The number of methoxy groups -OCH3 is 1. The third-order valence-corrected chi connectivity index (χ3v) is 5.78. The van der Waals surface area contributed by atoms with E-state index in [9.17, 15) is 18.0 Å². The molecule has 1 heterocycles. The zero-order chi connectivity index (χ0) is 22.7. The fourth-order valence-corrected chi connectivity index (χ4v) is 3.91. The Hall–Kier alpha value is -2.94. The third-order valence-electron chi connectivity index (χ3n) is 5.78. The summed E-state index contributed by atoms with van der Waals surface area (Å²) in [4.78, 5) is 14.8. The van der Waals surface area contributed by atoms with E-state index in [1.807, 2.05) is 29.2 Å². The number of halogens is 3. The van der Waals surface area contributed by atoms with Gasteiger partial charge in [-0.25, -0.2) is 4.79 Å². The summed E-state index contributed by atoms with van der Waals surface area (Å²) in [6, 6.07) is 10.1. The van der Waals surface area contributed by atoms with E-state index in [1.165, 1.54) is 6.07 Å². The third kappa shape index (κ3) is 5.27. The monoisotopic (exact) mass is 449 g/mol. The summed E-state index contributed by atoms with van der Waals surface area (Å²) in [7, 11) is 1.58. The van der Waals surface area contributed by atoms with Crippen LogP contribution in [0.3, 0.4) is 0 Å². The van der Waals surface area contributed by atoms with Gasteiger partial charge in [0, 0.05) is 13.1 Å². The molecule has 0 aromatic heterocycles. The highest BCUT2D eigenvalue weighted by atomic mass is 19.4. The second-order valence-corrected chi connectivity index (χ2v) is 8.02. The molecule has 2 aliphatic rings. The summed E-state index contributed by atoms with van der Waals surface area (Å²) >= 11 is 0. The summed E-state index contributed by atoms with van der Waals surface area (Å²) in [5, 5.41) is 5.62. The van der Waals surface area contributed by atoms with Crippen LogP contribution in [0.5, 0.6) is 5.75 Å². The van der Waals surface area contributed by atoms with Crippen LogP contribution in [-0.2, 0) is 10.9 Å². The molecule has 4 rings (SSSR count). The first-order valence-corrected chi connectivity index (χ1v) is 10.6. The second kappa shape index (κ2) is 9.28. The van der Waals surface area contributed by atoms with Crippen molar-refractivity contribution in [2.24, 2.45) is 5.92 Å². The number of hydrogen-bond acceptors (Lipinski definition) is 4. The molecule has 1 saturated carbocycles. The topological polar surface area (TPSA) is 62.8 Å². The van der Waals surface area contributed by atoms with Crippen LogP contribution in [0.25, 0.3) is 0 Å². The van der Waals surface area contributed by atoms with E-state index >= 15 is 0 Å². The van der Waals surface area contributed by atoms with Crippen molar-refractivity contribution in [3.8, 4) is 5.75 Å². The van der Waals surface area contributed by atoms with Gasteiger partial charge in [0.1, 0.15) is 5.75 Å². The number of benzene rings is 2. The Morgan fingerprint density at radius 1 is 1.12 bits per heavy atom. The van der Waals surface area contributed by atoms with Gasteiger partial charge in [-0.15, -0.1) is 0 Å². The van der Waals surface area contributed by atoms with E-state index in [-0.39, 0.29) is 11.7 Å². The predicted octanol–water partition coefficient (Wildman–Crippen LogP) is 4.82. The smallest absolute Gasteiger partial charge is 0.416 e. The molecule has 0 bridgehead atoms. The number of ether oxygens (including phenoxy) is 2. The fraction of sp³-hybridized carbons (Fsp3) is 0.435. The van der Waals surface area contributed by atoms with Crippen LogP contribution in [0.15, 0.2) is 42.5 Å². The minimum atomic E-state index is -4.50. The van der Waals surface area contributed by atoms with E-state index in [0.717, 1.165) is 30.5 Å². The maximum absolute atomic E-state index is 13.3. The second-order valence-electron chi connectivity index (χ2n) is 8.02. The lowest BCUT2D eigenvalue weighted by Crippen LogP contribution is -2.38. The van der Waals surface area contributed by atoms with Crippen molar-refractivity contribution < 1.29 is 27.4 Å². The van der Waals surface area contributed by atoms with E-state index in [0.29, 0.717) is 43.7 Å². The standard InChI is InChI=1S/C23H26F3N3O3/c1-31-18-7-4-16(5-8-18)21(15-2-3-15)28-22(30)27-19-14-17(23(24,25)26)6-9-20(19)29-10-12-32-13-11-29/h4-9,14-15,21H,2-3,10-13H2,1H3,(H2,27,28,30)/t21-/m1/s1. The van der Waals surface area contributed by atoms with Crippen molar-refractivity contribution >= 4 is 17.4 Å². The number of urea groups is 1. The van der Waals surface area contributed by atoms with E-state index in [4.69, 9.17) is 9.47 Å². The first kappa shape index (κ1) is 22.3. The first-order valence-electron chi connectivity index (χ1n) is 10.6. The largest absolute Gasteiger partial charge is 0.497 e. The number of carbonyl (C=O) groups is 1. The van der Waals surface area contributed by atoms with Gasteiger partial charge in [0.25, 0.3) is 0 Å². The van der Waals surface area contributed by atoms with Crippen molar-refractivity contribution in [2.75, 3.05) is 43.6 Å². The number of nitrogens with zero attached hydrogens (tertiary/aromatic N) is 1. The summed E-state index contributed by atoms with van der Waals surface area (Å²) in [6.45, 7) is 2.04. The van der Waals surface area contributed by atoms with Gasteiger partial charge in [0.2, 0.25) is 0 Å². The molecule has 2 aromatic carbocycles. The van der Waals surface area contributed by atoms with Crippen molar-refractivity contribution in [2.45, 2.75) is 25.1 Å². The molecule has 9 heteroatoms. The molecule has 2 fully saturated rings. The molecule has 2 N–H and O–H groups in total. The number of nitrogens with one attached hydrogen (secondary N) is 2. The maximum Gasteiger partial charge on any atom is 0.416 e. The molecule has 0 radical (unpaired) electrons. The zero-order valence-corrected chi connectivity index (χ0v) is 17.7. The number of hydrogen-bond donors (Lipinski definition) is 2. The Balaban J connectivity index is 1.54. The van der Waals surface area contributed by atoms with Crippen LogP contribution in [0.2, 0.25) is 0 Å². The predicted molar refractivity (Wildman–Crippen MR) is 115 cm³/mol. The zero-order valence-electron chi connectivity index (χ0n) is 17.7. The summed E-state index contributed by atoms with van der Waals surface area (Å²) in [5.41, 5.74) is 0.798. The molecule has 1 aliphatic carbocycles. The van der Waals surface area contributed by atoms with Gasteiger partial charge in [-0.1, -0.05) is 12.1 Å². The molecule has 1 atom stereocenters. The summed E-state index contributed by atoms with van der Waals surface area (Å²) < 4.78 is 50.5. The lowest BCUT2D eigenvalue weighted by atomic mass is 10.0. The Kier molecular flexibility index (Phi) is 6.45. The lowest BCUT2D eigenvalue weighted by molar-refractivity contribution is -0.137. The van der Waals surface area contributed by atoms with Crippen LogP contribution < -0.4 is 20.3 Å². The quantitative estimate of drug-likeness (QED) is 0.664. The van der Waals surface area contributed by atoms with Crippen molar-refractivity contribution in [3.63, 3.8) is 0 Å². The Labute approximate surface area is 184 Å². The average molecular weight is 449 g/mol. The minimum Gasteiger partial charge on any atom is -0.497 e. The van der Waals surface area contributed by atoms with E-state index in [2.05, 4.69) is 10.6 Å². The van der Waals surface area contributed by atoms with Gasteiger partial charge >= 0.3 is 12.2 Å². The number of carbonyl (C=O) groups excluding carboxylic acids is 1.